The van der Waals surface area contributed by atoms with Crippen LogP contribution in [0.3, 0.4) is 0 Å². The number of halogens is 3. The number of nitrogens with zero attached hydrogens (tertiary/aromatic N) is 1. The van der Waals surface area contributed by atoms with Crippen molar-refractivity contribution in [3.63, 3.8) is 0 Å². The molecule has 106 valence electrons. The lowest BCUT2D eigenvalue weighted by Gasteiger charge is -2.25. The first-order valence-corrected chi connectivity index (χ1v) is 5.84. The summed E-state index contributed by atoms with van der Waals surface area (Å²) < 4.78 is 41.5. The summed E-state index contributed by atoms with van der Waals surface area (Å²) in [5, 5.41) is 1.85. The van der Waals surface area contributed by atoms with E-state index < -0.39 is 18.8 Å². The zero-order chi connectivity index (χ0) is 14.0. The van der Waals surface area contributed by atoms with Crippen LogP contribution < -0.4 is 5.32 Å². The highest BCUT2D eigenvalue weighted by Gasteiger charge is 2.32. The standard InChI is InChI=1S/C11H19F3N2O2/c1-10(2,3)18-8-4-5-16(6-8)9(17)15-7-11(12,13)14/h8H,4-7H2,1-3H3,(H,15,17)/t8-/m1/s1. The minimum absolute atomic E-state index is 0.110. The third-order valence-corrected chi connectivity index (χ3v) is 2.39. The average Bonchev–Trinajstić information content (AvgIpc) is 2.58. The molecule has 0 aromatic carbocycles. The number of likely N-dealkylation sites (tertiary alicyclic amines) is 1. The molecule has 1 heterocycles. The van der Waals surface area contributed by atoms with Crippen molar-refractivity contribution in [3.05, 3.63) is 0 Å². The second-order valence-corrected chi connectivity index (χ2v) is 5.36. The second-order valence-electron chi connectivity index (χ2n) is 5.36. The number of rotatable bonds is 2. The fourth-order valence-electron chi connectivity index (χ4n) is 1.80. The minimum Gasteiger partial charge on any atom is -0.371 e. The normalized spacial score (nSPS) is 21.2. The summed E-state index contributed by atoms with van der Waals surface area (Å²) in [4.78, 5) is 12.8. The van der Waals surface area contributed by atoms with E-state index >= 15 is 0 Å². The molecule has 2 amide bonds. The van der Waals surface area contributed by atoms with Crippen molar-refractivity contribution >= 4 is 6.03 Å². The Kier molecular flexibility index (Phi) is 4.47. The predicted molar refractivity (Wildman–Crippen MR) is 60.3 cm³/mol. The van der Waals surface area contributed by atoms with Crippen LogP contribution in [-0.4, -0.2) is 48.4 Å². The molecule has 0 aromatic heterocycles. The molecule has 0 saturated carbocycles. The summed E-state index contributed by atoms with van der Waals surface area (Å²) in [6.45, 7) is 5.16. The van der Waals surface area contributed by atoms with Gasteiger partial charge in [-0.1, -0.05) is 0 Å². The van der Waals surface area contributed by atoms with Gasteiger partial charge < -0.3 is 15.0 Å². The number of hydrogen-bond donors (Lipinski definition) is 1. The SMILES string of the molecule is CC(C)(C)O[C@@H]1CCN(C(=O)NCC(F)(F)F)C1. The monoisotopic (exact) mass is 268 g/mol. The Bertz CT molecular complexity index is 300. The number of alkyl halides is 3. The van der Waals surface area contributed by atoms with Crippen LogP contribution in [0.4, 0.5) is 18.0 Å². The van der Waals surface area contributed by atoms with Crippen LogP contribution in [-0.2, 0) is 4.74 Å². The van der Waals surface area contributed by atoms with Crippen LogP contribution in [0.1, 0.15) is 27.2 Å². The molecule has 1 saturated heterocycles. The lowest BCUT2D eigenvalue weighted by atomic mass is 10.2. The van der Waals surface area contributed by atoms with Crippen molar-refractivity contribution in [2.24, 2.45) is 0 Å². The molecular formula is C11H19F3N2O2. The smallest absolute Gasteiger partial charge is 0.371 e. The first kappa shape index (κ1) is 15.1. The molecule has 1 fully saturated rings. The molecule has 1 N–H and O–H groups in total. The van der Waals surface area contributed by atoms with E-state index in [4.69, 9.17) is 4.74 Å². The van der Waals surface area contributed by atoms with Gasteiger partial charge >= 0.3 is 12.2 Å². The Balaban J connectivity index is 2.35. The summed E-state index contributed by atoms with van der Waals surface area (Å²) in [6, 6.07) is -0.688. The molecule has 1 aliphatic rings. The van der Waals surface area contributed by atoms with Gasteiger partial charge in [0.2, 0.25) is 0 Å². The molecule has 0 bridgehead atoms. The molecule has 0 radical (unpaired) electrons. The molecule has 4 nitrogen and oxygen atoms in total. The van der Waals surface area contributed by atoms with Crippen molar-refractivity contribution in [1.29, 1.82) is 0 Å². The van der Waals surface area contributed by atoms with Gasteiger partial charge in [-0.15, -0.1) is 0 Å². The van der Waals surface area contributed by atoms with Crippen LogP contribution >= 0.6 is 0 Å². The Morgan fingerprint density at radius 3 is 2.50 bits per heavy atom. The lowest BCUT2D eigenvalue weighted by Crippen LogP contribution is -2.43. The highest BCUT2D eigenvalue weighted by molar-refractivity contribution is 5.74. The number of hydrogen-bond acceptors (Lipinski definition) is 2. The van der Waals surface area contributed by atoms with E-state index in [1.807, 2.05) is 26.1 Å². The number of amides is 2. The van der Waals surface area contributed by atoms with Gasteiger partial charge in [0.1, 0.15) is 6.54 Å². The van der Waals surface area contributed by atoms with Gasteiger partial charge in [-0.05, 0) is 27.2 Å². The summed E-state index contributed by atoms with van der Waals surface area (Å²) in [7, 11) is 0. The zero-order valence-corrected chi connectivity index (χ0v) is 10.8. The average molecular weight is 268 g/mol. The maximum absolute atomic E-state index is 11.9. The van der Waals surface area contributed by atoms with Crippen molar-refractivity contribution < 1.29 is 22.7 Å². The number of nitrogens with one attached hydrogen (secondary N) is 1. The van der Waals surface area contributed by atoms with Gasteiger partial charge in [0.25, 0.3) is 0 Å². The molecule has 0 spiro atoms. The summed E-state index contributed by atoms with van der Waals surface area (Å²) in [6.07, 6.45) is -3.84. The molecule has 1 atom stereocenters. The van der Waals surface area contributed by atoms with Gasteiger partial charge in [0.05, 0.1) is 11.7 Å². The predicted octanol–water partition coefficient (Wildman–Crippen LogP) is 2.15. The summed E-state index contributed by atoms with van der Waals surface area (Å²) >= 11 is 0. The third kappa shape index (κ3) is 5.57. The Hall–Kier alpha value is -0.980. The molecule has 0 aliphatic carbocycles. The molecule has 1 rings (SSSR count). The molecular weight excluding hydrogens is 249 g/mol. The number of carbonyl (C=O) groups is 1. The maximum Gasteiger partial charge on any atom is 0.405 e. The largest absolute Gasteiger partial charge is 0.405 e. The van der Waals surface area contributed by atoms with Crippen LogP contribution in [0.5, 0.6) is 0 Å². The van der Waals surface area contributed by atoms with Crippen LogP contribution in [0.25, 0.3) is 0 Å². The molecule has 0 unspecified atom stereocenters. The maximum atomic E-state index is 11.9. The van der Waals surface area contributed by atoms with Gasteiger partial charge in [-0.3, -0.25) is 0 Å². The van der Waals surface area contributed by atoms with E-state index in [0.717, 1.165) is 0 Å². The van der Waals surface area contributed by atoms with Gasteiger partial charge in [0, 0.05) is 13.1 Å². The van der Waals surface area contributed by atoms with Crippen molar-refractivity contribution in [3.8, 4) is 0 Å². The first-order valence-electron chi connectivity index (χ1n) is 5.84. The summed E-state index contributed by atoms with van der Waals surface area (Å²) in [5.74, 6) is 0. The van der Waals surface area contributed by atoms with Crippen LogP contribution in [0.2, 0.25) is 0 Å². The molecule has 18 heavy (non-hydrogen) atoms. The van der Waals surface area contributed by atoms with Crippen molar-refractivity contribution in [2.45, 2.75) is 45.1 Å². The van der Waals surface area contributed by atoms with E-state index in [9.17, 15) is 18.0 Å². The number of carbonyl (C=O) groups excluding carboxylic acids is 1. The van der Waals surface area contributed by atoms with E-state index in [1.54, 1.807) is 0 Å². The van der Waals surface area contributed by atoms with Gasteiger partial charge in [-0.2, -0.15) is 13.2 Å². The van der Waals surface area contributed by atoms with Gasteiger partial charge in [0.15, 0.2) is 0 Å². The lowest BCUT2D eigenvalue weighted by molar-refractivity contribution is -0.123. The fourth-order valence-corrected chi connectivity index (χ4v) is 1.80. The molecule has 7 heteroatoms. The van der Waals surface area contributed by atoms with Gasteiger partial charge in [-0.25, -0.2) is 4.79 Å². The summed E-state index contributed by atoms with van der Waals surface area (Å²) in [5.41, 5.74) is -0.316. The van der Waals surface area contributed by atoms with Crippen molar-refractivity contribution in [2.75, 3.05) is 19.6 Å². The Labute approximate surface area is 104 Å². The van der Waals surface area contributed by atoms with Crippen LogP contribution in [0, 0.1) is 0 Å². The minimum atomic E-state index is -4.38. The molecule has 1 aliphatic heterocycles. The topological polar surface area (TPSA) is 41.6 Å². The van der Waals surface area contributed by atoms with Crippen LogP contribution in [0.15, 0.2) is 0 Å². The van der Waals surface area contributed by atoms with E-state index in [1.165, 1.54) is 4.90 Å². The third-order valence-electron chi connectivity index (χ3n) is 2.39. The zero-order valence-electron chi connectivity index (χ0n) is 10.8. The van der Waals surface area contributed by atoms with Crippen molar-refractivity contribution in [1.82, 2.24) is 10.2 Å². The Morgan fingerprint density at radius 2 is 2.00 bits per heavy atom. The first-order chi connectivity index (χ1) is 8.07. The van der Waals surface area contributed by atoms with E-state index in [0.29, 0.717) is 19.5 Å². The highest BCUT2D eigenvalue weighted by Crippen LogP contribution is 2.19. The number of ether oxygens (including phenoxy) is 1. The quantitative estimate of drug-likeness (QED) is 0.833. The molecule has 0 aromatic rings. The van der Waals surface area contributed by atoms with E-state index in [2.05, 4.69) is 0 Å². The Morgan fingerprint density at radius 1 is 1.39 bits per heavy atom. The second kappa shape index (κ2) is 5.34. The fraction of sp³-hybridized carbons (Fsp3) is 0.909. The van der Waals surface area contributed by atoms with E-state index in [-0.39, 0.29) is 11.7 Å². The highest BCUT2D eigenvalue weighted by atomic mass is 19.4. The number of urea groups is 1.